The van der Waals surface area contributed by atoms with Gasteiger partial charge in [-0.3, -0.25) is 0 Å². The second-order valence-corrected chi connectivity index (χ2v) is 6.58. The predicted octanol–water partition coefficient (Wildman–Crippen LogP) is 2.34. The summed E-state index contributed by atoms with van der Waals surface area (Å²) in [6.45, 7) is 2.25. The van der Waals surface area contributed by atoms with Crippen molar-refractivity contribution in [3.8, 4) is 5.69 Å². The van der Waals surface area contributed by atoms with Gasteiger partial charge >= 0.3 is 6.03 Å². The number of carbonyl (C=O) groups is 1. The molecule has 0 atom stereocenters. The number of hydrogen-bond acceptors (Lipinski definition) is 4. The van der Waals surface area contributed by atoms with E-state index in [1.54, 1.807) is 16.6 Å². The summed E-state index contributed by atoms with van der Waals surface area (Å²) >= 11 is 0. The Bertz CT molecular complexity index is 690. The van der Waals surface area contributed by atoms with Crippen molar-refractivity contribution in [1.29, 1.82) is 0 Å². The highest BCUT2D eigenvalue weighted by Crippen LogP contribution is 2.43. The number of nitrogens with zero attached hydrogens (tertiary/aromatic N) is 5. The Balaban J connectivity index is 2.08. The van der Waals surface area contributed by atoms with Gasteiger partial charge in [-0.2, -0.15) is 4.68 Å². The van der Waals surface area contributed by atoms with Gasteiger partial charge in [0.05, 0.1) is 5.69 Å². The lowest BCUT2D eigenvalue weighted by atomic mass is 9.75. The molecular formula is C17H24N6O. The van der Waals surface area contributed by atoms with Crippen LogP contribution in [-0.4, -0.2) is 45.2 Å². The van der Waals surface area contributed by atoms with E-state index in [4.69, 9.17) is 0 Å². The van der Waals surface area contributed by atoms with Gasteiger partial charge in [0.25, 0.3) is 0 Å². The van der Waals surface area contributed by atoms with Crippen LogP contribution in [0.4, 0.5) is 4.79 Å². The number of benzene rings is 1. The number of hydrogen-bond donors (Lipinski definition) is 1. The predicted molar refractivity (Wildman–Crippen MR) is 90.7 cm³/mol. The average molecular weight is 328 g/mol. The number of nitrogens with one attached hydrogen (secondary N) is 1. The number of tetrazole rings is 1. The number of rotatable bonds is 3. The highest BCUT2D eigenvalue weighted by atomic mass is 16.2. The van der Waals surface area contributed by atoms with Crippen LogP contribution in [0.2, 0.25) is 0 Å². The molecule has 2 aromatic rings. The van der Waals surface area contributed by atoms with Gasteiger partial charge in [0, 0.05) is 14.1 Å². The third kappa shape index (κ3) is 2.74. The molecule has 3 rings (SSSR count). The minimum Gasteiger partial charge on any atom is -0.341 e. The topological polar surface area (TPSA) is 75.9 Å². The summed E-state index contributed by atoms with van der Waals surface area (Å²) in [7, 11) is 3.48. The van der Waals surface area contributed by atoms with E-state index in [0.717, 1.165) is 37.2 Å². The number of aromatic nitrogens is 4. The van der Waals surface area contributed by atoms with Crippen LogP contribution in [0.1, 0.15) is 38.4 Å². The lowest BCUT2D eigenvalue weighted by Crippen LogP contribution is -2.53. The van der Waals surface area contributed by atoms with E-state index in [9.17, 15) is 4.79 Å². The molecule has 1 aromatic heterocycles. The highest BCUT2D eigenvalue weighted by molar-refractivity contribution is 5.74. The molecule has 0 spiro atoms. The largest absolute Gasteiger partial charge is 0.341 e. The lowest BCUT2D eigenvalue weighted by molar-refractivity contribution is 0.0732. The van der Waals surface area contributed by atoms with Crippen molar-refractivity contribution in [2.45, 2.75) is 38.1 Å². The summed E-state index contributed by atoms with van der Waals surface area (Å²) in [5.41, 5.74) is 0.409. The Morgan fingerprint density at radius 3 is 2.58 bits per heavy atom. The molecular weight excluding hydrogens is 304 g/mol. The Hall–Kier alpha value is -2.44. The highest BCUT2D eigenvalue weighted by Gasteiger charge is 2.45. The summed E-state index contributed by atoms with van der Waals surface area (Å²) in [5.74, 6) is 1.38. The molecule has 128 valence electrons. The summed E-state index contributed by atoms with van der Waals surface area (Å²) < 4.78 is 1.76. The molecule has 2 amide bonds. The zero-order valence-electron chi connectivity index (χ0n) is 14.4. The van der Waals surface area contributed by atoms with Crippen LogP contribution in [0.25, 0.3) is 5.69 Å². The summed E-state index contributed by atoms with van der Waals surface area (Å²) in [4.78, 5) is 14.1. The molecule has 0 unspecified atom stereocenters. The maximum atomic E-state index is 12.4. The summed E-state index contributed by atoms with van der Waals surface area (Å²) in [6.07, 6.45) is 3.79. The van der Waals surface area contributed by atoms with Gasteiger partial charge in [-0.1, -0.05) is 25.1 Å². The van der Waals surface area contributed by atoms with Crippen LogP contribution < -0.4 is 5.32 Å². The zero-order chi connectivity index (χ0) is 17.2. The number of urea groups is 1. The molecule has 0 saturated heterocycles. The smallest absolute Gasteiger partial charge is 0.317 e. The van der Waals surface area contributed by atoms with Gasteiger partial charge in [-0.05, 0) is 54.2 Å². The van der Waals surface area contributed by atoms with Crippen LogP contribution in [-0.2, 0) is 5.54 Å². The van der Waals surface area contributed by atoms with E-state index in [-0.39, 0.29) is 6.03 Å². The van der Waals surface area contributed by atoms with Gasteiger partial charge < -0.3 is 10.2 Å². The normalized spacial score (nSPS) is 23.7. The van der Waals surface area contributed by atoms with Crippen LogP contribution in [0, 0.1) is 5.92 Å². The second-order valence-electron chi connectivity index (χ2n) is 6.58. The monoisotopic (exact) mass is 328 g/mol. The van der Waals surface area contributed by atoms with Gasteiger partial charge in [0.15, 0.2) is 5.82 Å². The first-order chi connectivity index (χ1) is 11.6. The summed E-state index contributed by atoms with van der Waals surface area (Å²) in [6, 6.07) is 9.70. The number of carbonyl (C=O) groups excluding carboxylic acids is 1. The van der Waals surface area contributed by atoms with Crippen LogP contribution in [0.5, 0.6) is 0 Å². The molecule has 0 radical (unpaired) electrons. The van der Waals surface area contributed by atoms with Crippen molar-refractivity contribution in [1.82, 2.24) is 30.4 Å². The van der Waals surface area contributed by atoms with Crippen LogP contribution in [0.15, 0.2) is 30.3 Å². The molecule has 1 N–H and O–H groups in total. The minimum absolute atomic E-state index is 0.118. The van der Waals surface area contributed by atoms with Crippen LogP contribution >= 0.6 is 0 Å². The van der Waals surface area contributed by atoms with E-state index in [1.165, 1.54) is 0 Å². The van der Waals surface area contributed by atoms with Gasteiger partial charge in [0.1, 0.15) is 5.54 Å². The first kappa shape index (κ1) is 16.4. The summed E-state index contributed by atoms with van der Waals surface area (Å²) in [5, 5.41) is 15.2. The average Bonchev–Trinajstić information content (AvgIpc) is 3.12. The molecule has 1 aliphatic rings. The fourth-order valence-corrected chi connectivity index (χ4v) is 3.53. The van der Waals surface area contributed by atoms with Crippen molar-refractivity contribution >= 4 is 6.03 Å². The van der Waals surface area contributed by atoms with Crippen LogP contribution in [0.3, 0.4) is 0 Å². The Morgan fingerprint density at radius 2 is 1.96 bits per heavy atom. The van der Waals surface area contributed by atoms with Gasteiger partial charge in [-0.25, -0.2) is 4.79 Å². The van der Waals surface area contributed by atoms with E-state index in [1.807, 2.05) is 37.4 Å². The molecule has 0 bridgehead atoms. The van der Waals surface area contributed by atoms with Crippen molar-refractivity contribution in [2.75, 3.05) is 14.1 Å². The lowest BCUT2D eigenvalue weighted by Gasteiger charge is -2.44. The van der Waals surface area contributed by atoms with Crippen molar-refractivity contribution < 1.29 is 4.79 Å². The third-order valence-electron chi connectivity index (χ3n) is 5.15. The molecule has 7 heteroatoms. The molecule has 24 heavy (non-hydrogen) atoms. The minimum atomic E-state index is -0.494. The van der Waals surface area contributed by atoms with Crippen molar-refractivity contribution in [3.63, 3.8) is 0 Å². The van der Waals surface area contributed by atoms with Gasteiger partial charge in [-0.15, -0.1) is 5.10 Å². The Labute approximate surface area is 142 Å². The molecule has 1 saturated carbocycles. The Morgan fingerprint density at radius 1 is 1.29 bits per heavy atom. The maximum absolute atomic E-state index is 12.4. The Kier molecular flexibility index (Phi) is 4.51. The first-order valence-corrected chi connectivity index (χ1v) is 8.38. The fourth-order valence-electron chi connectivity index (χ4n) is 3.53. The number of para-hydroxylation sites is 1. The van der Waals surface area contributed by atoms with Crippen molar-refractivity contribution in [2.24, 2.45) is 5.92 Å². The van der Waals surface area contributed by atoms with Gasteiger partial charge in [0.2, 0.25) is 0 Å². The fraction of sp³-hybridized carbons (Fsp3) is 0.529. The van der Waals surface area contributed by atoms with Crippen molar-refractivity contribution in [3.05, 3.63) is 36.2 Å². The quantitative estimate of drug-likeness (QED) is 0.938. The standard InChI is InChI=1S/C17H24N6O/c1-13-9-11-17(12-10-13,22(3)16(24)18-2)15-19-20-21-23(15)14-7-5-4-6-8-14/h4-8,13H,9-12H2,1-3H3,(H,18,24). The molecule has 1 aromatic carbocycles. The second kappa shape index (κ2) is 6.59. The molecule has 0 aliphatic heterocycles. The maximum Gasteiger partial charge on any atom is 0.317 e. The SMILES string of the molecule is CNC(=O)N(C)C1(c2nnnn2-c2ccccc2)CCC(C)CC1. The number of amides is 2. The zero-order valence-corrected chi connectivity index (χ0v) is 14.4. The van der Waals surface area contributed by atoms with E-state index in [0.29, 0.717) is 5.92 Å². The third-order valence-corrected chi connectivity index (χ3v) is 5.15. The first-order valence-electron chi connectivity index (χ1n) is 8.38. The van der Waals surface area contributed by atoms with E-state index < -0.39 is 5.54 Å². The molecule has 1 fully saturated rings. The molecule has 7 nitrogen and oxygen atoms in total. The van der Waals surface area contributed by atoms with E-state index >= 15 is 0 Å². The molecule has 1 aliphatic carbocycles. The molecule has 1 heterocycles. The van der Waals surface area contributed by atoms with E-state index in [2.05, 4.69) is 27.8 Å².